The standard InChI is InChI=1S/C19H26N6O/c1-19(2)13-25(11-10-21-19)12-16-8-9-17(24-23-16)14-4-6-15(7-5-14)22-18(26)20-3/h4-9,21H,10-13H2,1-3H3,(H2,20,22,26). The molecule has 138 valence electrons. The van der Waals surface area contributed by atoms with E-state index in [2.05, 4.69) is 44.9 Å². The number of aromatic nitrogens is 2. The highest BCUT2D eigenvalue weighted by Gasteiger charge is 2.25. The van der Waals surface area contributed by atoms with Gasteiger partial charge in [0.05, 0.1) is 11.4 Å². The lowest BCUT2D eigenvalue weighted by Crippen LogP contribution is -2.56. The Bertz CT molecular complexity index is 742. The van der Waals surface area contributed by atoms with E-state index in [4.69, 9.17) is 0 Å². The van der Waals surface area contributed by atoms with Crippen LogP contribution in [0.4, 0.5) is 10.5 Å². The zero-order valence-electron chi connectivity index (χ0n) is 15.5. The van der Waals surface area contributed by atoms with E-state index >= 15 is 0 Å². The average Bonchev–Trinajstić information content (AvgIpc) is 2.62. The van der Waals surface area contributed by atoms with Gasteiger partial charge >= 0.3 is 6.03 Å². The zero-order valence-corrected chi connectivity index (χ0v) is 15.5. The van der Waals surface area contributed by atoms with Crippen molar-refractivity contribution in [3.05, 3.63) is 42.1 Å². The first-order valence-electron chi connectivity index (χ1n) is 8.84. The van der Waals surface area contributed by atoms with Gasteiger partial charge in [-0.05, 0) is 38.1 Å². The highest BCUT2D eigenvalue weighted by atomic mass is 16.2. The van der Waals surface area contributed by atoms with Crippen molar-refractivity contribution in [2.24, 2.45) is 0 Å². The molecule has 3 rings (SSSR count). The van der Waals surface area contributed by atoms with Crippen LogP contribution < -0.4 is 16.0 Å². The molecule has 7 nitrogen and oxygen atoms in total. The summed E-state index contributed by atoms with van der Waals surface area (Å²) < 4.78 is 0. The molecule has 0 radical (unpaired) electrons. The second kappa shape index (κ2) is 7.80. The number of hydrogen-bond donors (Lipinski definition) is 3. The second-order valence-electron chi connectivity index (χ2n) is 7.21. The molecular weight excluding hydrogens is 328 g/mol. The third-order valence-electron chi connectivity index (χ3n) is 4.42. The van der Waals surface area contributed by atoms with Crippen LogP contribution in [0.5, 0.6) is 0 Å². The van der Waals surface area contributed by atoms with Gasteiger partial charge in [-0.15, -0.1) is 0 Å². The predicted molar refractivity (Wildman–Crippen MR) is 103 cm³/mol. The minimum atomic E-state index is -0.238. The number of urea groups is 1. The maximum Gasteiger partial charge on any atom is 0.318 e. The molecule has 0 unspecified atom stereocenters. The molecular formula is C19H26N6O. The smallest absolute Gasteiger partial charge is 0.318 e. The highest BCUT2D eigenvalue weighted by Crippen LogP contribution is 2.20. The van der Waals surface area contributed by atoms with Crippen molar-refractivity contribution < 1.29 is 4.79 Å². The van der Waals surface area contributed by atoms with Crippen LogP contribution in [0.2, 0.25) is 0 Å². The SMILES string of the molecule is CNC(=O)Nc1ccc(-c2ccc(CN3CCNC(C)(C)C3)nn2)cc1. The predicted octanol–water partition coefficient (Wildman–Crippen LogP) is 2.08. The summed E-state index contributed by atoms with van der Waals surface area (Å²) in [7, 11) is 1.59. The number of nitrogens with zero attached hydrogens (tertiary/aromatic N) is 3. The molecule has 26 heavy (non-hydrogen) atoms. The summed E-state index contributed by atoms with van der Waals surface area (Å²) in [4.78, 5) is 13.7. The fourth-order valence-electron chi connectivity index (χ4n) is 3.13. The van der Waals surface area contributed by atoms with Crippen LogP contribution in [-0.4, -0.2) is 53.3 Å². The van der Waals surface area contributed by atoms with Crippen LogP contribution in [0.25, 0.3) is 11.3 Å². The number of nitrogens with one attached hydrogen (secondary N) is 3. The first-order chi connectivity index (χ1) is 12.4. The normalized spacial score (nSPS) is 16.9. The number of carbonyl (C=O) groups is 1. The van der Waals surface area contributed by atoms with E-state index in [1.54, 1.807) is 7.05 Å². The van der Waals surface area contributed by atoms with Crippen molar-refractivity contribution in [2.75, 3.05) is 32.0 Å². The Morgan fingerprint density at radius 3 is 2.58 bits per heavy atom. The summed E-state index contributed by atoms with van der Waals surface area (Å²) in [6.45, 7) is 8.26. The first-order valence-corrected chi connectivity index (χ1v) is 8.84. The van der Waals surface area contributed by atoms with Crippen molar-refractivity contribution in [1.82, 2.24) is 25.7 Å². The molecule has 1 aromatic carbocycles. The second-order valence-corrected chi connectivity index (χ2v) is 7.21. The number of hydrogen-bond acceptors (Lipinski definition) is 5. The van der Waals surface area contributed by atoms with Gasteiger partial charge in [-0.2, -0.15) is 10.2 Å². The van der Waals surface area contributed by atoms with Gasteiger partial charge < -0.3 is 16.0 Å². The van der Waals surface area contributed by atoms with E-state index in [9.17, 15) is 4.79 Å². The molecule has 1 aliphatic rings. The van der Waals surface area contributed by atoms with Gasteiger partial charge in [-0.25, -0.2) is 4.79 Å². The minimum Gasteiger partial charge on any atom is -0.341 e. The molecule has 7 heteroatoms. The lowest BCUT2D eigenvalue weighted by molar-refractivity contribution is 0.146. The molecule has 2 aromatic rings. The van der Waals surface area contributed by atoms with E-state index in [1.807, 2.05) is 36.4 Å². The Morgan fingerprint density at radius 1 is 1.19 bits per heavy atom. The summed E-state index contributed by atoms with van der Waals surface area (Å²) >= 11 is 0. The molecule has 3 N–H and O–H groups in total. The monoisotopic (exact) mass is 354 g/mol. The molecule has 0 saturated carbocycles. The summed E-state index contributed by atoms with van der Waals surface area (Å²) in [6.07, 6.45) is 0. The molecule has 0 bridgehead atoms. The van der Waals surface area contributed by atoms with Gasteiger partial charge in [0.2, 0.25) is 0 Å². The fourth-order valence-corrected chi connectivity index (χ4v) is 3.13. The van der Waals surface area contributed by atoms with E-state index in [0.29, 0.717) is 0 Å². The number of benzene rings is 1. The number of piperazine rings is 1. The van der Waals surface area contributed by atoms with Gasteiger partial charge in [0.15, 0.2) is 0 Å². The van der Waals surface area contributed by atoms with E-state index in [1.165, 1.54) is 0 Å². The van der Waals surface area contributed by atoms with Crippen LogP contribution in [0.1, 0.15) is 19.5 Å². The molecule has 0 atom stereocenters. The molecule has 0 spiro atoms. The van der Waals surface area contributed by atoms with Gasteiger partial charge in [-0.1, -0.05) is 12.1 Å². The van der Waals surface area contributed by atoms with Crippen LogP contribution in [0.15, 0.2) is 36.4 Å². The number of amides is 2. The maximum atomic E-state index is 11.3. The molecule has 1 fully saturated rings. The van der Waals surface area contributed by atoms with Crippen molar-refractivity contribution in [1.29, 1.82) is 0 Å². The third-order valence-corrected chi connectivity index (χ3v) is 4.42. The average molecular weight is 354 g/mol. The summed E-state index contributed by atoms with van der Waals surface area (Å²) in [5.41, 5.74) is 3.63. The lowest BCUT2D eigenvalue weighted by atomic mass is 10.0. The number of anilines is 1. The maximum absolute atomic E-state index is 11.3. The van der Waals surface area contributed by atoms with Gasteiger partial charge in [0, 0.05) is 50.0 Å². The molecule has 2 amide bonds. The highest BCUT2D eigenvalue weighted by molar-refractivity contribution is 5.89. The van der Waals surface area contributed by atoms with Gasteiger partial charge in [0.25, 0.3) is 0 Å². The Balaban J connectivity index is 1.63. The number of rotatable bonds is 4. The van der Waals surface area contributed by atoms with Crippen molar-refractivity contribution in [3.63, 3.8) is 0 Å². The van der Waals surface area contributed by atoms with Crippen LogP contribution in [0, 0.1) is 0 Å². The lowest BCUT2D eigenvalue weighted by Gasteiger charge is -2.38. The van der Waals surface area contributed by atoms with E-state index in [0.717, 1.165) is 48.8 Å². The van der Waals surface area contributed by atoms with Gasteiger partial charge in [0.1, 0.15) is 0 Å². The Labute approximate surface area is 154 Å². The third kappa shape index (κ3) is 4.77. The topological polar surface area (TPSA) is 82.2 Å². The van der Waals surface area contributed by atoms with E-state index in [-0.39, 0.29) is 11.6 Å². The minimum absolute atomic E-state index is 0.135. The molecule has 0 aliphatic carbocycles. The first kappa shape index (κ1) is 18.3. The van der Waals surface area contributed by atoms with Crippen LogP contribution in [-0.2, 0) is 6.54 Å². The summed E-state index contributed by atoms with van der Waals surface area (Å²) in [5, 5.41) is 17.5. The van der Waals surface area contributed by atoms with Crippen molar-refractivity contribution in [3.8, 4) is 11.3 Å². The fraction of sp³-hybridized carbons (Fsp3) is 0.421. The summed E-state index contributed by atoms with van der Waals surface area (Å²) in [5.74, 6) is 0. The van der Waals surface area contributed by atoms with Crippen LogP contribution in [0.3, 0.4) is 0 Å². The Morgan fingerprint density at radius 2 is 1.96 bits per heavy atom. The largest absolute Gasteiger partial charge is 0.341 e. The Kier molecular flexibility index (Phi) is 5.49. The molecule has 1 aliphatic heterocycles. The zero-order chi connectivity index (χ0) is 18.6. The van der Waals surface area contributed by atoms with Crippen molar-refractivity contribution in [2.45, 2.75) is 25.9 Å². The van der Waals surface area contributed by atoms with Gasteiger partial charge in [-0.3, -0.25) is 4.90 Å². The molecule has 1 aromatic heterocycles. The molecule has 2 heterocycles. The number of carbonyl (C=O) groups excluding carboxylic acids is 1. The summed E-state index contributed by atoms with van der Waals surface area (Å²) in [6, 6.07) is 11.3. The molecule has 1 saturated heterocycles. The van der Waals surface area contributed by atoms with E-state index < -0.39 is 0 Å². The quantitative estimate of drug-likeness (QED) is 0.783. The Hall–Kier alpha value is -2.51. The van der Waals surface area contributed by atoms with Crippen molar-refractivity contribution >= 4 is 11.7 Å². The van der Waals surface area contributed by atoms with Crippen LogP contribution >= 0.6 is 0 Å².